The normalized spacial score (nSPS) is 22.8. The first-order valence-corrected chi connectivity index (χ1v) is 12.3. The molecule has 2 saturated heterocycles. The summed E-state index contributed by atoms with van der Waals surface area (Å²) >= 11 is 4.10. The highest BCUT2D eigenvalue weighted by Gasteiger charge is 2.27. The summed E-state index contributed by atoms with van der Waals surface area (Å²) in [6.07, 6.45) is 7.56. The average molecular weight is 391 g/mol. The fourth-order valence-corrected chi connectivity index (χ4v) is 5.56. The molecule has 0 aliphatic carbocycles. The molecule has 0 atom stereocenters. The number of hydrogen-bond donors (Lipinski definition) is 0. The van der Waals surface area contributed by atoms with Gasteiger partial charge in [-0.15, -0.1) is 0 Å². The van der Waals surface area contributed by atoms with Gasteiger partial charge in [-0.2, -0.15) is 23.5 Å². The molecule has 0 spiro atoms. The van der Waals surface area contributed by atoms with E-state index in [1.54, 1.807) is 0 Å². The summed E-state index contributed by atoms with van der Waals surface area (Å²) < 4.78 is 16.7. The second-order valence-electron chi connectivity index (χ2n) is 8.18. The molecule has 0 unspecified atom stereocenters. The molecule has 0 amide bonds. The van der Waals surface area contributed by atoms with Crippen LogP contribution >= 0.6 is 23.5 Å². The molecule has 0 aromatic heterocycles. The molecule has 2 fully saturated rings. The molecule has 2 aliphatic rings. The topological polar surface area (TPSA) is 27.7 Å². The lowest BCUT2D eigenvalue weighted by atomic mass is 9.80. The highest BCUT2D eigenvalue weighted by Crippen LogP contribution is 2.35. The number of hydrogen-bond acceptors (Lipinski definition) is 5. The van der Waals surface area contributed by atoms with Crippen LogP contribution in [-0.2, 0) is 14.2 Å². The molecule has 2 rings (SSSR count). The largest absolute Gasteiger partial charge is 0.381 e. The van der Waals surface area contributed by atoms with Crippen molar-refractivity contribution in [2.75, 3.05) is 62.7 Å². The van der Waals surface area contributed by atoms with Crippen molar-refractivity contribution in [1.29, 1.82) is 0 Å². The first kappa shape index (κ1) is 21.9. The van der Waals surface area contributed by atoms with Gasteiger partial charge in [0.2, 0.25) is 0 Å². The van der Waals surface area contributed by atoms with Gasteiger partial charge in [-0.3, -0.25) is 0 Å². The maximum absolute atomic E-state index is 5.79. The molecule has 0 aromatic rings. The SMILES string of the molecule is CC1(CCSCCOCCSCCC2(C)CCOCC2)CCOCC1. The van der Waals surface area contributed by atoms with Crippen molar-refractivity contribution in [3.8, 4) is 0 Å². The first-order valence-electron chi connectivity index (χ1n) is 10.0. The molecule has 0 bridgehead atoms. The summed E-state index contributed by atoms with van der Waals surface area (Å²) in [4.78, 5) is 0. The van der Waals surface area contributed by atoms with Gasteiger partial charge in [-0.25, -0.2) is 0 Å². The Morgan fingerprint density at radius 1 is 0.680 bits per heavy atom. The van der Waals surface area contributed by atoms with Gasteiger partial charge in [0, 0.05) is 37.9 Å². The quantitative estimate of drug-likeness (QED) is 0.443. The lowest BCUT2D eigenvalue weighted by Gasteiger charge is -2.33. The molecule has 25 heavy (non-hydrogen) atoms. The van der Waals surface area contributed by atoms with Gasteiger partial charge in [-0.05, 0) is 60.9 Å². The maximum Gasteiger partial charge on any atom is 0.0557 e. The van der Waals surface area contributed by atoms with Crippen molar-refractivity contribution in [3.05, 3.63) is 0 Å². The predicted octanol–water partition coefficient (Wildman–Crippen LogP) is 4.88. The van der Waals surface area contributed by atoms with Gasteiger partial charge < -0.3 is 14.2 Å². The average Bonchev–Trinajstić information content (AvgIpc) is 2.61. The van der Waals surface area contributed by atoms with Gasteiger partial charge in [0.15, 0.2) is 0 Å². The van der Waals surface area contributed by atoms with Crippen LogP contribution in [0.3, 0.4) is 0 Å². The van der Waals surface area contributed by atoms with Crippen LogP contribution in [0.5, 0.6) is 0 Å². The smallest absolute Gasteiger partial charge is 0.0557 e. The standard InChI is InChI=1S/C20H38O3S2/c1-19(3-9-21-10-4-19)7-15-24-17-13-23-14-18-25-16-8-20(2)5-11-22-12-6-20/h3-18H2,1-2H3. The van der Waals surface area contributed by atoms with E-state index in [9.17, 15) is 0 Å². The van der Waals surface area contributed by atoms with Crippen LogP contribution in [0.15, 0.2) is 0 Å². The summed E-state index contributed by atoms with van der Waals surface area (Å²) in [6.45, 7) is 10.5. The lowest BCUT2D eigenvalue weighted by Crippen LogP contribution is -2.27. The van der Waals surface area contributed by atoms with Crippen LogP contribution in [0, 0.1) is 10.8 Å². The zero-order valence-corrected chi connectivity index (χ0v) is 18.0. The number of rotatable bonds is 12. The third-order valence-electron chi connectivity index (χ3n) is 5.84. The van der Waals surface area contributed by atoms with Gasteiger partial charge in [0.1, 0.15) is 0 Å². The van der Waals surface area contributed by atoms with Crippen LogP contribution in [0.4, 0.5) is 0 Å². The Balaban J connectivity index is 1.34. The fourth-order valence-electron chi connectivity index (χ4n) is 3.41. The summed E-state index contributed by atoms with van der Waals surface area (Å²) in [5, 5.41) is 0. The molecule has 3 nitrogen and oxygen atoms in total. The van der Waals surface area contributed by atoms with Crippen LogP contribution < -0.4 is 0 Å². The fraction of sp³-hybridized carbons (Fsp3) is 1.00. The van der Waals surface area contributed by atoms with Crippen LogP contribution in [0.1, 0.15) is 52.4 Å². The van der Waals surface area contributed by atoms with Crippen LogP contribution in [-0.4, -0.2) is 62.7 Å². The summed E-state index contributed by atoms with van der Waals surface area (Å²) in [5.74, 6) is 4.79. The van der Waals surface area contributed by atoms with Crippen LogP contribution in [0.25, 0.3) is 0 Å². The van der Waals surface area contributed by atoms with Crippen molar-refractivity contribution in [3.63, 3.8) is 0 Å². The Morgan fingerprint density at radius 3 is 1.48 bits per heavy atom. The van der Waals surface area contributed by atoms with Gasteiger partial charge in [-0.1, -0.05) is 13.8 Å². The zero-order chi connectivity index (χ0) is 17.8. The minimum absolute atomic E-state index is 0.518. The zero-order valence-electron chi connectivity index (χ0n) is 16.4. The molecule has 0 N–H and O–H groups in total. The monoisotopic (exact) mass is 390 g/mol. The molecular weight excluding hydrogens is 352 g/mol. The molecule has 0 saturated carbocycles. The van der Waals surface area contributed by atoms with E-state index in [-0.39, 0.29) is 0 Å². The summed E-state index contributed by atoms with van der Waals surface area (Å²) in [5.41, 5.74) is 1.04. The molecule has 0 aromatic carbocycles. The highest BCUT2D eigenvalue weighted by molar-refractivity contribution is 7.99. The lowest BCUT2D eigenvalue weighted by molar-refractivity contribution is 0.0225. The Hall–Kier alpha value is 0.580. The van der Waals surface area contributed by atoms with E-state index >= 15 is 0 Å². The van der Waals surface area contributed by atoms with E-state index in [0.717, 1.165) is 51.1 Å². The molecule has 2 heterocycles. The molecule has 0 radical (unpaired) electrons. The van der Waals surface area contributed by atoms with Gasteiger partial charge in [0.25, 0.3) is 0 Å². The number of ether oxygens (including phenoxy) is 3. The highest BCUT2D eigenvalue weighted by atomic mass is 32.2. The van der Waals surface area contributed by atoms with E-state index in [1.807, 2.05) is 23.5 Å². The van der Waals surface area contributed by atoms with E-state index in [2.05, 4.69) is 13.8 Å². The maximum atomic E-state index is 5.79. The second kappa shape index (κ2) is 12.1. The molecular formula is C20H38O3S2. The third-order valence-corrected chi connectivity index (χ3v) is 7.74. The van der Waals surface area contributed by atoms with E-state index in [4.69, 9.17) is 14.2 Å². The molecule has 148 valence electrons. The molecule has 5 heteroatoms. The predicted molar refractivity (Wildman–Crippen MR) is 111 cm³/mol. The molecule has 2 aliphatic heterocycles. The van der Waals surface area contributed by atoms with Crippen molar-refractivity contribution in [2.45, 2.75) is 52.4 Å². The van der Waals surface area contributed by atoms with Crippen molar-refractivity contribution in [1.82, 2.24) is 0 Å². The van der Waals surface area contributed by atoms with Gasteiger partial charge >= 0.3 is 0 Å². The minimum atomic E-state index is 0.518. The number of thioether (sulfide) groups is 2. The van der Waals surface area contributed by atoms with Gasteiger partial charge in [0.05, 0.1) is 13.2 Å². The Bertz CT molecular complexity index is 308. The van der Waals surface area contributed by atoms with E-state index < -0.39 is 0 Å². The Kier molecular flexibility index (Phi) is 10.6. The van der Waals surface area contributed by atoms with Crippen molar-refractivity contribution < 1.29 is 14.2 Å². The van der Waals surface area contributed by atoms with E-state index in [1.165, 1.54) is 50.0 Å². The Labute approximate surface area is 163 Å². The van der Waals surface area contributed by atoms with Crippen LogP contribution in [0.2, 0.25) is 0 Å². The van der Waals surface area contributed by atoms with Crippen molar-refractivity contribution >= 4 is 23.5 Å². The van der Waals surface area contributed by atoms with Crippen molar-refractivity contribution in [2.24, 2.45) is 10.8 Å². The second-order valence-corrected chi connectivity index (χ2v) is 10.6. The minimum Gasteiger partial charge on any atom is -0.381 e. The summed E-state index contributed by atoms with van der Waals surface area (Å²) in [6, 6.07) is 0. The first-order chi connectivity index (χ1) is 12.1. The van der Waals surface area contributed by atoms with E-state index in [0.29, 0.717) is 10.8 Å². The summed E-state index contributed by atoms with van der Waals surface area (Å²) in [7, 11) is 0. The third kappa shape index (κ3) is 9.37. The Morgan fingerprint density at radius 2 is 1.08 bits per heavy atom.